The molecule has 0 aliphatic carbocycles. The van der Waals surface area contributed by atoms with E-state index in [1.54, 1.807) is 12.4 Å². The molecule has 5 heteroatoms. The van der Waals surface area contributed by atoms with Crippen LogP contribution in [-0.4, -0.2) is 19.9 Å². The summed E-state index contributed by atoms with van der Waals surface area (Å²) in [6.45, 7) is 0. The Morgan fingerprint density at radius 3 is 2.75 bits per heavy atom. The van der Waals surface area contributed by atoms with Crippen LogP contribution in [0.25, 0.3) is 22.3 Å². The molecule has 1 N–H and O–H groups in total. The van der Waals surface area contributed by atoms with Gasteiger partial charge in [0.15, 0.2) is 0 Å². The molecule has 0 bridgehead atoms. The van der Waals surface area contributed by atoms with Crippen LogP contribution in [0.1, 0.15) is 0 Å². The van der Waals surface area contributed by atoms with E-state index in [4.69, 9.17) is 11.6 Å². The van der Waals surface area contributed by atoms with E-state index < -0.39 is 0 Å². The summed E-state index contributed by atoms with van der Waals surface area (Å²) in [4.78, 5) is 15.3. The largest absolute Gasteiger partial charge is 0.330 e. The maximum Gasteiger partial charge on any atom is 0.142 e. The fourth-order valence-electron chi connectivity index (χ4n) is 1.65. The molecule has 0 unspecified atom stereocenters. The zero-order valence-corrected chi connectivity index (χ0v) is 8.94. The zero-order valence-electron chi connectivity index (χ0n) is 8.18. The molecule has 3 aromatic rings. The topological polar surface area (TPSA) is 54.5 Å². The molecule has 0 aliphatic rings. The molecule has 0 aromatic carbocycles. The Labute approximate surface area is 96.3 Å². The molecule has 0 saturated carbocycles. The van der Waals surface area contributed by atoms with Crippen molar-refractivity contribution >= 4 is 22.6 Å². The Morgan fingerprint density at radius 1 is 1.12 bits per heavy atom. The van der Waals surface area contributed by atoms with Crippen LogP contribution in [0.3, 0.4) is 0 Å². The number of hydrogen-bond acceptors (Lipinski definition) is 3. The first-order valence-electron chi connectivity index (χ1n) is 4.74. The highest BCUT2D eigenvalue weighted by atomic mass is 35.5. The van der Waals surface area contributed by atoms with E-state index in [-0.39, 0.29) is 0 Å². The molecule has 0 atom stereocenters. The number of fused-ring (bicyclic) bond motifs is 1. The second-order valence-corrected chi connectivity index (χ2v) is 3.74. The molecule has 0 saturated heterocycles. The number of aromatic amines is 1. The summed E-state index contributed by atoms with van der Waals surface area (Å²) in [5, 5.41) is 1.48. The fraction of sp³-hybridized carbons (Fsp3) is 0. The highest BCUT2D eigenvalue weighted by Crippen LogP contribution is 2.26. The first-order valence-corrected chi connectivity index (χ1v) is 5.12. The van der Waals surface area contributed by atoms with Crippen molar-refractivity contribution < 1.29 is 0 Å². The molecule has 4 nitrogen and oxygen atoms in total. The third kappa shape index (κ3) is 1.44. The number of hydrogen-bond donors (Lipinski definition) is 1. The number of halogens is 1. The summed E-state index contributed by atoms with van der Waals surface area (Å²) in [5.74, 6) is 0. The standard InChI is InChI=1S/C11H7ClN4/c12-9-5-8-10(7-1-3-13-4-2-7)14-6-15-11(8)16-9/h1-6H,(H,14,15,16). The number of aromatic nitrogens is 4. The molecule has 78 valence electrons. The van der Waals surface area contributed by atoms with Crippen LogP contribution in [0.4, 0.5) is 0 Å². The monoisotopic (exact) mass is 230 g/mol. The normalized spacial score (nSPS) is 10.8. The van der Waals surface area contributed by atoms with Gasteiger partial charge in [0, 0.05) is 23.3 Å². The van der Waals surface area contributed by atoms with Gasteiger partial charge in [-0.2, -0.15) is 0 Å². The minimum Gasteiger partial charge on any atom is -0.330 e. The maximum atomic E-state index is 5.91. The first-order chi connectivity index (χ1) is 7.84. The zero-order chi connectivity index (χ0) is 11.0. The molecular weight excluding hydrogens is 224 g/mol. The van der Waals surface area contributed by atoms with Crippen molar-refractivity contribution in [2.24, 2.45) is 0 Å². The van der Waals surface area contributed by atoms with Crippen LogP contribution >= 0.6 is 11.6 Å². The lowest BCUT2D eigenvalue weighted by atomic mass is 10.1. The van der Waals surface area contributed by atoms with E-state index in [9.17, 15) is 0 Å². The first kappa shape index (κ1) is 9.30. The highest BCUT2D eigenvalue weighted by molar-refractivity contribution is 6.30. The van der Waals surface area contributed by atoms with E-state index in [2.05, 4.69) is 19.9 Å². The molecular formula is C11H7ClN4. The lowest BCUT2D eigenvalue weighted by molar-refractivity contribution is 1.20. The second-order valence-electron chi connectivity index (χ2n) is 3.34. The van der Waals surface area contributed by atoms with Crippen molar-refractivity contribution in [3.05, 3.63) is 42.1 Å². The molecule has 0 aliphatic heterocycles. The minimum absolute atomic E-state index is 0.561. The quantitative estimate of drug-likeness (QED) is 0.699. The van der Waals surface area contributed by atoms with Gasteiger partial charge in [0.2, 0.25) is 0 Å². The number of nitrogens with zero attached hydrogens (tertiary/aromatic N) is 3. The van der Waals surface area contributed by atoms with Crippen LogP contribution in [0, 0.1) is 0 Å². The highest BCUT2D eigenvalue weighted by Gasteiger charge is 2.08. The van der Waals surface area contributed by atoms with E-state index in [1.165, 1.54) is 6.33 Å². The number of pyridine rings is 1. The average Bonchev–Trinajstić information content (AvgIpc) is 2.70. The molecule has 0 radical (unpaired) electrons. The van der Waals surface area contributed by atoms with E-state index in [1.807, 2.05) is 18.2 Å². The van der Waals surface area contributed by atoms with Crippen molar-refractivity contribution in [3.63, 3.8) is 0 Å². The van der Waals surface area contributed by atoms with Crippen molar-refractivity contribution in [3.8, 4) is 11.3 Å². The molecule has 3 rings (SSSR count). The summed E-state index contributed by atoms with van der Waals surface area (Å²) in [5.41, 5.74) is 2.60. The SMILES string of the molecule is Clc1cc2c(-c3ccncc3)ncnc2[nH]1. The van der Waals surface area contributed by atoms with Gasteiger partial charge in [0.25, 0.3) is 0 Å². The van der Waals surface area contributed by atoms with Crippen LogP contribution in [0.2, 0.25) is 5.15 Å². The van der Waals surface area contributed by atoms with Crippen LogP contribution in [-0.2, 0) is 0 Å². The summed E-state index contributed by atoms with van der Waals surface area (Å²) < 4.78 is 0. The van der Waals surface area contributed by atoms with E-state index in [0.29, 0.717) is 5.15 Å². The lowest BCUT2D eigenvalue weighted by Gasteiger charge is -2.00. The Hall–Kier alpha value is -1.94. The molecule has 3 heterocycles. The van der Waals surface area contributed by atoms with Crippen LogP contribution in [0.5, 0.6) is 0 Å². The third-order valence-corrected chi connectivity index (χ3v) is 2.55. The lowest BCUT2D eigenvalue weighted by Crippen LogP contribution is -1.86. The van der Waals surface area contributed by atoms with Crippen LogP contribution < -0.4 is 0 Å². The van der Waals surface area contributed by atoms with Gasteiger partial charge in [-0.15, -0.1) is 0 Å². The third-order valence-electron chi connectivity index (χ3n) is 2.35. The predicted octanol–water partition coefficient (Wildman–Crippen LogP) is 2.67. The van der Waals surface area contributed by atoms with Crippen molar-refractivity contribution in [2.45, 2.75) is 0 Å². The Kier molecular flexibility index (Phi) is 2.08. The number of H-pyrrole nitrogens is 1. The van der Waals surface area contributed by atoms with Crippen molar-refractivity contribution in [2.75, 3.05) is 0 Å². The Balaban J connectivity index is 2.31. The molecule has 3 aromatic heterocycles. The Bertz CT molecular complexity index is 633. The van der Waals surface area contributed by atoms with Crippen LogP contribution in [0.15, 0.2) is 36.9 Å². The molecule has 0 spiro atoms. The Morgan fingerprint density at radius 2 is 1.94 bits per heavy atom. The van der Waals surface area contributed by atoms with Crippen molar-refractivity contribution in [1.82, 2.24) is 19.9 Å². The van der Waals surface area contributed by atoms with E-state index in [0.717, 1.165) is 22.3 Å². The molecule has 0 fully saturated rings. The second kappa shape index (κ2) is 3.57. The fourth-order valence-corrected chi connectivity index (χ4v) is 1.85. The average molecular weight is 231 g/mol. The summed E-state index contributed by atoms with van der Waals surface area (Å²) in [6.07, 6.45) is 4.99. The van der Waals surface area contributed by atoms with Gasteiger partial charge in [-0.25, -0.2) is 9.97 Å². The van der Waals surface area contributed by atoms with Gasteiger partial charge in [0.1, 0.15) is 17.1 Å². The summed E-state index contributed by atoms with van der Waals surface area (Å²) in [6, 6.07) is 5.64. The number of nitrogens with one attached hydrogen (secondary N) is 1. The van der Waals surface area contributed by atoms with Gasteiger partial charge in [-0.05, 0) is 18.2 Å². The maximum absolute atomic E-state index is 5.91. The molecule has 0 amide bonds. The number of rotatable bonds is 1. The molecule has 16 heavy (non-hydrogen) atoms. The van der Waals surface area contributed by atoms with Gasteiger partial charge < -0.3 is 4.98 Å². The van der Waals surface area contributed by atoms with Gasteiger partial charge in [0.05, 0.1) is 5.69 Å². The predicted molar refractivity (Wildman–Crippen MR) is 62.1 cm³/mol. The van der Waals surface area contributed by atoms with Gasteiger partial charge >= 0.3 is 0 Å². The van der Waals surface area contributed by atoms with Gasteiger partial charge in [-0.1, -0.05) is 11.6 Å². The smallest absolute Gasteiger partial charge is 0.142 e. The summed E-state index contributed by atoms with van der Waals surface area (Å²) >= 11 is 5.91. The van der Waals surface area contributed by atoms with E-state index >= 15 is 0 Å². The van der Waals surface area contributed by atoms with Crippen molar-refractivity contribution in [1.29, 1.82) is 0 Å². The minimum atomic E-state index is 0.561. The van der Waals surface area contributed by atoms with Gasteiger partial charge in [-0.3, -0.25) is 4.98 Å². The summed E-state index contributed by atoms with van der Waals surface area (Å²) in [7, 11) is 0.